The minimum absolute atomic E-state index is 0.00263. The summed E-state index contributed by atoms with van der Waals surface area (Å²) in [6.07, 6.45) is 0.777. The number of carboxylic acid groups (broad SMARTS) is 2. The Morgan fingerprint density at radius 3 is 2.42 bits per heavy atom. The molecule has 0 aliphatic carbocycles. The number of nitrogens with one attached hydrogen (secondary N) is 1. The zero-order valence-electron chi connectivity index (χ0n) is 27.0. The predicted octanol–water partition coefficient (Wildman–Crippen LogP) is 0.759. The molecule has 50 heavy (non-hydrogen) atoms. The number of aliphatic imine (C=N–C) groups is 1. The van der Waals surface area contributed by atoms with Crippen molar-refractivity contribution in [1.29, 1.82) is 0 Å². The van der Waals surface area contributed by atoms with Gasteiger partial charge >= 0.3 is 11.9 Å². The number of rotatable bonds is 12. The van der Waals surface area contributed by atoms with Crippen LogP contribution in [-0.4, -0.2) is 104 Å². The van der Waals surface area contributed by atoms with Gasteiger partial charge in [-0.2, -0.15) is 0 Å². The summed E-state index contributed by atoms with van der Waals surface area (Å²) in [4.78, 5) is 67.4. The number of ether oxygens (including phenoxy) is 2. The fourth-order valence-corrected chi connectivity index (χ4v) is 8.04. The van der Waals surface area contributed by atoms with E-state index < -0.39 is 52.6 Å². The number of hydrogen-bond donors (Lipinski definition) is 6. The molecule has 18 nitrogen and oxygen atoms in total. The number of nitrogens with two attached hydrogens (primary N) is 3. The van der Waals surface area contributed by atoms with Crippen LogP contribution in [0.4, 0.5) is 10.8 Å². The fourth-order valence-electron chi connectivity index (χ4n) is 4.95. The Morgan fingerprint density at radius 1 is 1.16 bits per heavy atom. The van der Waals surface area contributed by atoms with Crippen LogP contribution in [-0.2, 0) is 24.0 Å². The number of thiazole rings is 1. The summed E-state index contributed by atoms with van der Waals surface area (Å²) >= 11 is 3.42. The molecule has 0 spiro atoms. The maximum atomic E-state index is 13.4. The van der Waals surface area contributed by atoms with Gasteiger partial charge in [-0.15, -0.1) is 23.1 Å². The van der Waals surface area contributed by atoms with Gasteiger partial charge in [0, 0.05) is 16.9 Å². The average molecular weight is 748 g/mol. The molecule has 1 fully saturated rings. The molecule has 2 aromatic rings. The van der Waals surface area contributed by atoms with Gasteiger partial charge in [0.1, 0.15) is 52.0 Å². The number of amides is 2. The third-order valence-corrected chi connectivity index (χ3v) is 10.5. The van der Waals surface area contributed by atoms with E-state index in [1.165, 1.54) is 45.2 Å². The molecule has 3 aliphatic rings. The van der Waals surface area contributed by atoms with Gasteiger partial charge in [-0.05, 0) is 37.6 Å². The highest BCUT2D eigenvalue weighted by atomic mass is 32.2. The highest BCUT2D eigenvalue weighted by Gasteiger charge is 2.54. The van der Waals surface area contributed by atoms with E-state index in [2.05, 4.69) is 20.4 Å². The smallest absolute Gasteiger partial charge is 0.352 e. The Balaban J connectivity index is 1.37. The third kappa shape index (κ3) is 7.02. The zero-order valence-corrected chi connectivity index (χ0v) is 29.4. The first-order valence-electron chi connectivity index (χ1n) is 14.5. The Bertz CT molecular complexity index is 1840. The number of carbonyl (C=O) groups excluding carboxylic acids is 2. The molecule has 21 heteroatoms. The van der Waals surface area contributed by atoms with E-state index >= 15 is 0 Å². The standard InChI is InChI=1S/C29H33N9O9S3/c1-29(2,26(43)44)47-36-18(13-11-49-27(32)33-13)22(39)35-19-23(40)38-20(25(41)42)12(9-48-24(19)38)10-50-28-34-16(30)8-17(31)37(28)21-14(45-3)6-5-7-15(21)46-4/h5-8,11,17,19,24H,9-10,30-31H2,1-4H3,(H2,32,33)(H,35,39)(H,41,42)(H,43,44)/b36-18-/t17?,19?,24-/m0/s1. The van der Waals surface area contributed by atoms with Crippen molar-refractivity contribution in [3.8, 4) is 11.5 Å². The number of carbonyl (C=O) groups is 4. The largest absolute Gasteiger partial charge is 0.494 e. The van der Waals surface area contributed by atoms with Crippen molar-refractivity contribution in [2.45, 2.75) is 37.0 Å². The Hall–Kier alpha value is -4.99. The minimum atomic E-state index is -1.79. The number of benzene rings is 1. The van der Waals surface area contributed by atoms with Gasteiger partial charge in [0.25, 0.3) is 11.8 Å². The number of fused-ring (bicyclic) bond motifs is 1. The molecule has 9 N–H and O–H groups in total. The van der Waals surface area contributed by atoms with Crippen LogP contribution in [0.1, 0.15) is 19.5 Å². The van der Waals surface area contributed by atoms with Gasteiger partial charge in [0.05, 0.1) is 14.2 Å². The predicted molar refractivity (Wildman–Crippen MR) is 188 cm³/mol. The molecule has 0 saturated carbocycles. The van der Waals surface area contributed by atoms with Crippen molar-refractivity contribution in [3.63, 3.8) is 0 Å². The van der Waals surface area contributed by atoms with E-state index in [9.17, 15) is 29.4 Å². The van der Waals surface area contributed by atoms with Gasteiger partial charge in [-0.25, -0.2) is 19.6 Å². The molecule has 5 rings (SSSR count). The minimum Gasteiger partial charge on any atom is -0.494 e. The number of nitrogens with zero attached hydrogens (tertiary/aromatic N) is 5. The molecule has 3 aliphatic heterocycles. The SMILES string of the molecule is COc1cccc(OC)c1N1C(SCC2=C(C(=O)O)N3C(=O)C(NC(=O)/C(=N\OC(C)(C)C(=O)O)c4csc(N)n4)[C@@H]3SC2)=NC(N)=CC1N. The normalized spacial score (nSPS) is 20.7. The van der Waals surface area contributed by atoms with Crippen LogP contribution in [0, 0.1) is 0 Å². The molecule has 3 atom stereocenters. The second-order valence-electron chi connectivity index (χ2n) is 11.2. The summed E-state index contributed by atoms with van der Waals surface area (Å²) < 4.78 is 11.1. The second-order valence-corrected chi connectivity index (χ2v) is 14.1. The number of β-lactam (4-membered cyclic amide) rings is 1. The first-order valence-corrected chi connectivity index (χ1v) is 17.5. The van der Waals surface area contributed by atoms with E-state index in [-0.39, 0.29) is 33.8 Å². The molecule has 4 heterocycles. The third-order valence-electron chi connectivity index (χ3n) is 7.48. The molecule has 266 valence electrons. The van der Waals surface area contributed by atoms with Gasteiger partial charge in [-0.1, -0.05) is 23.0 Å². The molecular formula is C29H33N9O9S3. The second kappa shape index (κ2) is 14.5. The van der Waals surface area contributed by atoms with Crippen LogP contribution in [0.15, 0.2) is 56.9 Å². The lowest BCUT2D eigenvalue weighted by Gasteiger charge is -2.49. The number of thioether (sulfide) groups is 2. The lowest BCUT2D eigenvalue weighted by atomic mass is 10.0. The molecule has 1 saturated heterocycles. The monoisotopic (exact) mass is 747 g/mol. The van der Waals surface area contributed by atoms with E-state index in [0.717, 1.165) is 28.0 Å². The van der Waals surface area contributed by atoms with Crippen LogP contribution in [0.5, 0.6) is 11.5 Å². The summed E-state index contributed by atoms with van der Waals surface area (Å²) in [5.74, 6) is -2.91. The number of nitrogen functional groups attached to an aromatic ring is 1. The van der Waals surface area contributed by atoms with Crippen molar-refractivity contribution in [2.75, 3.05) is 36.4 Å². The number of carboxylic acids is 2. The fraction of sp³-hybridized carbons (Fsp3) is 0.345. The van der Waals surface area contributed by atoms with Crippen molar-refractivity contribution in [1.82, 2.24) is 15.2 Å². The quantitative estimate of drug-likeness (QED) is 0.0994. The molecule has 0 bridgehead atoms. The summed E-state index contributed by atoms with van der Waals surface area (Å²) in [6.45, 7) is 2.47. The molecule has 2 unspecified atom stereocenters. The number of hydrogen-bond acceptors (Lipinski definition) is 17. The van der Waals surface area contributed by atoms with E-state index in [1.807, 2.05) is 0 Å². The van der Waals surface area contributed by atoms with Crippen LogP contribution in [0.3, 0.4) is 0 Å². The molecule has 2 amide bonds. The first-order chi connectivity index (χ1) is 23.7. The number of oxime groups is 1. The molecule has 0 radical (unpaired) electrons. The van der Waals surface area contributed by atoms with Crippen molar-refractivity contribution in [2.24, 2.45) is 21.6 Å². The Kier molecular flexibility index (Phi) is 10.5. The van der Waals surface area contributed by atoms with Gasteiger partial charge in [-0.3, -0.25) is 19.4 Å². The van der Waals surface area contributed by atoms with E-state index in [4.69, 9.17) is 31.5 Å². The molecule has 1 aromatic heterocycles. The lowest BCUT2D eigenvalue weighted by Crippen LogP contribution is -2.71. The van der Waals surface area contributed by atoms with Crippen LogP contribution in [0.2, 0.25) is 0 Å². The van der Waals surface area contributed by atoms with Crippen molar-refractivity contribution < 1.29 is 43.7 Å². The molecular weight excluding hydrogens is 715 g/mol. The average Bonchev–Trinajstić information content (AvgIpc) is 3.50. The summed E-state index contributed by atoms with van der Waals surface area (Å²) in [6, 6.07) is 4.07. The number of anilines is 2. The van der Waals surface area contributed by atoms with Crippen LogP contribution < -0.4 is 36.9 Å². The maximum Gasteiger partial charge on any atom is 0.352 e. The van der Waals surface area contributed by atoms with Gasteiger partial charge in [0.2, 0.25) is 5.60 Å². The lowest BCUT2D eigenvalue weighted by molar-refractivity contribution is -0.161. The van der Waals surface area contributed by atoms with Crippen molar-refractivity contribution in [3.05, 3.63) is 52.4 Å². The summed E-state index contributed by atoms with van der Waals surface area (Å²) in [5.41, 5.74) is 16.7. The number of para-hydroxylation sites is 1. The number of aromatic nitrogens is 1. The Labute approximate surface area is 297 Å². The number of methoxy groups -OCH3 is 2. The van der Waals surface area contributed by atoms with Gasteiger partial charge < -0.3 is 47.0 Å². The zero-order chi connectivity index (χ0) is 36.5. The summed E-state index contributed by atoms with van der Waals surface area (Å²) in [5, 5.41) is 27.1. The number of amidine groups is 1. The van der Waals surface area contributed by atoms with Gasteiger partial charge in [0.15, 0.2) is 16.0 Å². The van der Waals surface area contributed by atoms with E-state index in [0.29, 0.717) is 27.9 Å². The number of aliphatic carboxylic acids is 2. The first kappa shape index (κ1) is 36.3. The van der Waals surface area contributed by atoms with Crippen LogP contribution in [0.25, 0.3) is 0 Å². The van der Waals surface area contributed by atoms with Crippen LogP contribution >= 0.6 is 34.9 Å². The van der Waals surface area contributed by atoms with E-state index in [1.54, 1.807) is 29.2 Å². The maximum absolute atomic E-state index is 13.4. The summed E-state index contributed by atoms with van der Waals surface area (Å²) in [7, 11) is 3.00. The topological polar surface area (TPSA) is 271 Å². The van der Waals surface area contributed by atoms with Crippen molar-refractivity contribution >= 4 is 80.3 Å². The Morgan fingerprint density at radius 2 is 1.84 bits per heavy atom. The highest BCUT2D eigenvalue weighted by molar-refractivity contribution is 8.14. The highest BCUT2D eigenvalue weighted by Crippen LogP contribution is 2.43. The molecule has 1 aromatic carbocycles.